The fourth-order valence-electron chi connectivity index (χ4n) is 2.66. The summed E-state index contributed by atoms with van der Waals surface area (Å²) in [4.78, 5) is 12.3. The number of amides is 1. The molecule has 1 unspecified atom stereocenters. The molecule has 2 fully saturated rings. The molecule has 0 radical (unpaired) electrons. The van der Waals surface area contributed by atoms with E-state index in [4.69, 9.17) is 4.74 Å². The molecule has 1 amide bonds. The molecule has 0 aromatic rings. The van der Waals surface area contributed by atoms with Crippen molar-refractivity contribution in [3.05, 3.63) is 0 Å². The molecule has 2 saturated heterocycles. The highest BCUT2D eigenvalue weighted by Crippen LogP contribution is 2.31. The maximum Gasteiger partial charge on any atom is 0.227 e. The van der Waals surface area contributed by atoms with Crippen LogP contribution in [0.25, 0.3) is 0 Å². The van der Waals surface area contributed by atoms with Crippen molar-refractivity contribution in [2.75, 3.05) is 32.8 Å². The molecular formula is C13H24N2O2. The fourth-order valence-corrected chi connectivity index (χ4v) is 2.66. The van der Waals surface area contributed by atoms with Crippen molar-refractivity contribution in [3.8, 4) is 0 Å². The Kier molecular flexibility index (Phi) is 3.73. The molecule has 0 aromatic heterocycles. The molecule has 2 rings (SSSR count). The van der Waals surface area contributed by atoms with Gasteiger partial charge in [-0.2, -0.15) is 0 Å². The highest BCUT2D eigenvalue weighted by atomic mass is 16.5. The van der Waals surface area contributed by atoms with E-state index in [0.717, 1.165) is 52.1 Å². The lowest BCUT2D eigenvalue weighted by Crippen LogP contribution is -2.54. The first-order chi connectivity index (χ1) is 8.10. The van der Waals surface area contributed by atoms with Crippen LogP contribution < -0.4 is 10.6 Å². The van der Waals surface area contributed by atoms with Crippen molar-refractivity contribution in [2.24, 2.45) is 10.8 Å². The number of hydrogen-bond acceptors (Lipinski definition) is 3. The third-order valence-corrected chi connectivity index (χ3v) is 4.21. The lowest BCUT2D eigenvalue weighted by atomic mass is 9.77. The third-order valence-electron chi connectivity index (χ3n) is 4.21. The molecule has 2 heterocycles. The number of carbonyl (C=O) groups excluding carboxylic acids is 1. The molecule has 0 aromatic carbocycles. The molecule has 0 saturated carbocycles. The van der Waals surface area contributed by atoms with Crippen molar-refractivity contribution < 1.29 is 9.53 Å². The first-order valence-corrected chi connectivity index (χ1v) is 6.67. The zero-order chi connectivity index (χ0) is 12.4. The summed E-state index contributed by atoms with van der Waals surface area (Å²) in [6, 6.07) is 0. The van der Waals surface area contributed by atoms with Gasteiger partial charge in [-0.25, -0.2) is 0 Å². The van der Waals surface area contributed by atoms with E-state index in [1.54, 1.807) is 0 Å². The van der Waals surface area contributed by atoms with Gasteiger partial charge in [-0.15, -0.1) is 0 Å². The molecule has 4 nitrogen and oxygen atoms in total. The maximum atomic E-state index is 12.3. The second-order valence-electron chi connectivity index (χ2n) is 5.90. The van der Waals surface area contributed by atoms with Gasteiger partial charge in [0.15, 0.2) is 0 Å². The summed E-state index contributed by atoms with van der Waals surface area (Å²) in [5, 5.41) is 6.47. The summed E-state index contributed by atoms with van der Waals surface area (Å²) in [7, 11) is 0. The highest BCUT2D eigenvalue weighted by Gasteiger charge is 2.40. The number of piperidine rings is 1. The SMILES string of the molecule is CCC1(C(=O)NCC2(C)COC2)CCCNC1. The zero-order valence-electron chi connectivity index (χ0n) is 11.0. The predicted molar refractivity (Wildman–Crippen MR) is 66.8 cm³/mol. The van der Waals surface area contributed by atoms with Crippen molar-refractivity contribution in [2.45, 2.75) is 33.1 Å². The second-order valence-corrected chi connectivity index (χ2v) is 5.90. The minimum Gasteiger partial charge on any atom is -0.380 e. The van der Waals surface area contributed by atoms with Gasteiger partial charge in [0.25, 0.3) is 0 Å². The van der Waals surface area contributed by atoms with Gasteiger partial charge in [0.05, 0.1) is 18.6 Å². The summed E-state index contributed by atoms with van der Waals surface area (Å²) in [6.45, 7) is 8.42. The van der Waals surface area contributed by atoms with Gasteiger partial charge >= 0.3 is 0 Å². The lowest BCUT2D eigenvalue weighted by molar-refractivity contribution is -0.137. The van der Waals surface area contributed by atoms with Gasteiger partial charge < -0.3 is 15.4 Å². The summed E-state index contributed by atoms with van der Waals surface area (Å²) in [5.74, 6) is 0.223. The van der Waals surface area contributed by atoms with E-state index in [9.17, 15) is 4.79 Å². The predicted octanol–water partition coefficient (Wildman–Crippen LogP) is 0.919. The van der Waals surface area contributed by atoms with Gasteiger partial charge in [-0.3, -0.25) is 4.79 Å². The summed E-state index contributed by atoms with van der Waals surface area (Å²) < 4.78 is 5.20. The summed E-state index contributed by atoms with van der Waals surface area (Å²) >= 11 is 0. The van der Waals surface area contributed by atoms with Gasteiger partial charge in [-0.1, -0.05) is 13.8 Å². The Morgan fingerprint density at radius 3 is 2.71 bits per heavy atom. The van der Waals surface area contributed by atoms with Crippen molar-refractivity contribution in [1.29, 1.82) is 0 Å². The van der Waals surface area contributed by atoms with E-state index >= 15 is 0 Å². The zero-order valence-corrected chi connectivity index (χ0v) is 11.0. The van der Waals surface area contributed by atoms with Crippen LogP contribution in [0, 0.1) is 10.8 Å². The van der Waals surface area contributed by atoms with Gasteiger partial charge in [0, 0.05) is 18.5 Å². The van der Waals surface area contributed by atoms with E-state index < -0.39 is 0 Å². The Bertz CT molecular complexity index is 281. The molecule has 2 N–H and O–H groups in total. The van der Waals surface area contributed by atoms with Crippen molar-refractivity contribution >= 4 is 5.91 Å². The van der Waals surface area contributed by atoms with Crippen LogP contribution in [-0.4, -0.2) is 38.8 Å². The first-order valence-electron chi connectivity index (χ1n) is 6.67. The fraction of sp³-hybridized carbons (Fsp3) is 0.923. The summed E-state index contributed by atoms with van der Waals surface area (Å²) in [5.41, 5.74) is -0.0219. The molecule has 0 spiro atoms. The molecule has 4 heteroatoms. The minimum atomic E-state index is -0.181. The van der Waals surface area contributed by atoms with Crippen molar-refractivity contribution in [1.82, 2.24) is 10.6 Å². The van der Waals surface area contributed by atoms with Crippen molar-refractivity contribution in [3.63, 3.8) is 0 Å². The van der Waals surface area contributed by atoms with Crippen LogP contribution in [-0.2, 0) is 9.53 Å². The van der Waals surface area contributed by atoms with Crippen LogP contribution in [0.2, 0.25) is 0 Å². The average Bonchev–Trinajstić information content (AvgIpc) is 2.34. The molecule has 1 atom stereocenters. The van der Waals surface area contributed by atoms with Crippen LogP contribution >= 0.6 is 0 Å². The molecular weight excluding hydrogens is 216 g/mol. The molecule has 2 aliphatic rings. The highest BCUT2D eigenvalue weighted by molar-refractivity contribution is 5.83. The largest absolute Gasteiger partial charge is 0.380 e. The summed E-state index contributed by atoms with van der Waals surface area (Å²) in [6.07, 6.45) is 3.02. The van der Waals surface area contributed by atoms with E-state index in [1.807, 2.05) is 0 Å². The quantitative estimate of drug-likeness (QED) is 0.768. The Morgan fingerprint density at radius 2 is 2.24 bits per heavy atom. The van der Waals surface area contributed by atoms with Gasteiger partial charge in [0.2, 0.25) is 5.91 Å². The second kappa shape index (κ2) is 4.94. The Morgan fingerprint density at radius 1 is 1.47 bits per heavy atom. The monoisotopic (exact) mass is 240 g/mol. The average molecular weight is 240 g/mol. The van der Waals surface area contributed by atoms with Crippen LogP contribution in [0.1, 0.15) is 33.1 Å². The Labute approximate surface area is 103 Å². The maximum absolute atomic E-state index is 12.3. The van der Waals surface area contributed by atoms with E-state index in [-0.39, 0.29) is 16.7 Å². The molecule has 0 bridgehead atoms. The number of carbonyl (C=O) groups is 1. The number of nitrogens with one attached hydrogen (secondary N) is 2. The lowest BCUT2D eigenvalue weighted by Gasteiger charge is -2.40. The molecule has 2 aliphatic heterocycles. The van der Waals surface area contributed by atoms with Crippen LogP contribution in [0.15, 0.2) is 0 Å². The standard InChI is InChI=1S/C13H24N2O2/c1-3-13(5-4-6-14-8-13)11(16)15-7-12(2)9-17-10-12/h14H,3-10H2,1-2H3,(H,15,16). The van der Waals surface area contributed by atoms with E-state index in [0.29, 0.717) is 0 Å². The van der Waals surface area contributed by atoms with E-state index in [2.05, 4.69) is 24.5 Å². The normalized spacial score (nSPS) is 31.6. The van der Waals surface area contributed by atoms with Crippen LogP contribution in [0.3, 0.4) is 0 Å². The Balaban J connectivity index is 1.88. The van der Waals surface area contributed by atoms with E-state index in [1.165, 1.54) is 0 Å². The molecule has 17 heavy (non-hydrogen) atoms. The first kappa shape index (κ1) is 12.8. The Hall–Kier alpha value is -0.610. The van der Waals surface area contributed by atoms with Crippen LogP contribution in [0.4, 0.5) is 0 Å². The molecule has 98 valence electrons. The van der Waals surface area contributed by atoms with Gasteiger partial charge in [0.1, 0.15) is 0 Å². The molecule has 0 aliphatic carbocycles. The topological polar surface area (TPSA) is 50.4 Å². The number of rotatable bonds is 4. The number of hydrogen-bond donors (Lipinski definition) is 2. The van der Waals surface area contributed by atoms with Crippen LogP contribution in [0.5, 0.6) is 0 Å². The smallest absolute Gasteiger partial charge is 0.227 e. The minimum absolute atomic E-state index is 0.159. The van der Waals surface area contributed by atoms with Gasteiger partial charge in [-0.05, 0) is 25.8 Å². The number of ether oxygens (including phenoxy) is 1. The third kappa shape index (κ3) is 2.63.